The van der Waals surface area contributed by atoms with E-state index < -0.39 is 21.3 Å². The molecule has 8 heteroatoms. The minimum atomic E-state index is -4.45. The molecule has 0 saturated heterocycles. The number of rotatable bonds is 16. The summed E-state index contributed by atoms with van der Waals surface area (Å²) in [5.74, 6) is -0.920. The van der Waals surface area contributed by atoms with Gasteiger partial charge in [0.2, 0.25) is 0 Å². The van der Waals surface area contributed by atoms with Crippen molar-refractivity contribution in [2.75, 3.05) is 26.4 Å². The van der Waals surface area contributed by atoms with Crippen molar-refractivity contribution in [1.29, 1.82) is 0 Å². The molecule has 0 rings (SSSR count). The van der Waals surface area contributed by atoms with Crippen LogP contribution in [0.5, 0.6) is 0 Å². The first-order valence-corrected chi connectivity index (χ1v) is 10.3. The lowest BCUT2D eigenvalue weighted by atomic mass is 10.1. The standard InChI is InChI=1S/C16H33NO6S/c1-2-3-4-5-6-7-8-9-10-15(24(19,20)21)16(18)23-14-13-22-12-11-17/h15H,2-14,17H2,1H3,(H,19,20,21). The largest absolute Gasteiger partial charge is 0.462 e. The maximum atomic E-state index is 11.8. The quantitative estimate of drug-likeness (QED) is 0.244. The van der Waals surface area contributed by atoms with Crippen molar-refractivity contribution in [3.8, 4) is 0 Å². The second kappa shape index (κ2) is 14.6. The Kier molecular flexibility index (Phi) is 14.2. The first kappa shape index (κ1) is 23.3. The molecule has 1 atom stereocenters. The van der Waals surface area contributed by atoms with Crippen molar-refractivity contribution in [3.05, 3.63) is 0 Å². The third kappa shape index (κ3) is 12.7. The van der Waals surface area contributed by atoms with Crippen molar-refractivity contribution in [1.82, 2.24) is 0 Å². The van der Waals surface area contributed by atoms with Gasteiger partial charge in [0.1, 0.15) is 6.61 Å². The summed E-state index contributed by atoms with van der Waals surface area (Å²) >= 11 is 0. The number of esters is 1. The number of hydrogen-bond donors (Lipinski definition) is 2. The van der Waals surface area contributed by atoms with Gasteiger partial charge in [-0.2, -0.15) is 8.42 Å². The Balaban J connectivity index is 3.99. The maximum Gasteiger partial charge on any atom is 0.326 e. The zero-order valence-corrected chi connectivity index (χ0v) is 15.6. The van der Waals surface area contributed by atoms with E-state index in [-0.39, 0.29) is 19.6 Å². The normalized spacial score (nSPS) is 13.0. The van der Waals surface area contributed by atoms with Crippen molar-refractivity contribution in [3.63, 3.8) is 0 Å². The molecule has 1 unspecified atom stereocenters. The average molecular weight is 368 g/mol. The number of nitrogens with two attached hydrogens (primary N) is 1. The van der Waals surface area contributed by atoms with Crippen LogP contribution in [0.2, 0.25) is 0 Å². The van der Waals surface area contributed by atoms with Gasteiger partial charge in [-0.25, -0.2) is 0 Å². The molecule has 144 valence electrons. The van der Waals surface area contributed by atoms with Gasteiger partial charge in [-0.3, -0.25) is 9.35 Å². The van der Waals surface area contributed by atoms with Crippen LogP contribution in [0, 0.1) is 0 Å². The van der Waals surface area contributed by atoms with Gasteiger partial charge in [0.15, 0.2) is 5.25 Å². The Hall–Kier alpha value is -0.700. The molecule has 7 nitrogen and oxygen atoms in total. The van der Waals surface area contributed by atoms with Gasteiger partial charge in [-0.05, 0) is 6.42 Å². The molecule has 0 aliphatic rings. The first-order chi connectivity index (χ1) is 11.4. The van der Waals surface area contributed by atoms with Gasteiger partial charge in [0.05, 0.1) is 13.2 Å². The fourth-order valence-electron chi connectivity index (χ4n) is 2.33. The Labute approximate surface area is 146 Å². The summed E-state index contributed by atoms with van der Waals surface area (Å²) in [4.78, 5) is 11.8. The summed E-state index contributed by atoms with van der Waals surface area (Å²) in [5.41, 5.74) is 5.24. The number of carbonyl (C=O) groups excluding carboxylic acids is 1. The maximum absolute atomic E-state index is 11.8. The summed E-state index contributed by atoms with van der Waals surface area (Å²) < 4.78 is 41.8. The monoisotopic (exact) mass is 367 g/mol. The van der Waals surface area contributed by atoms with Gasteiger partial charge in [0, 0.05) is 6.54 Å². The minimum Gasteiger partial charge on any atom is -0.462 e. The lowest BCUT2D eigenvalue weighted by Gasteiger charge is -2.13. The second-order valence-corrected chi connectivity index (χ2v) is 7.43. The molecule has 24 heavy (non-hydrogen) atoms. The predicted molar refractivity (Wildman–Crippen MR) is 93.4 cm³/mol. The zero-order valence-electron chi connectivity index (χ0n) is 14.7. The van der Waals surface area contributed by atoms with Crippen LogP contribution in [0.15, 0.2) is 0 Å². The fourth-order valence-corrected chi connectivity index (χ4v) is 3.11. The van der Waals surface area contributed by atoms with E-state index in [9.17, 15) is 17.8 Å². The van der Waals surface area contributed by atoms with Crippen molar-refractivity contribution >= 4 is 16.1 Å². The molecule has 0 heterocycles. The van der Waals surface area contributed by atoms with Crippen molar-refractivity contribution in [2.24, 2.45) is 5.73 Å². The van der Waals surface area contributed by atoms with E-state index in [1.165, 1.54) is 25.7 Å². The van der Waals surface area contributed by atoms with Gasteiger partial charge < -0.3 is 15.2 Å². The average Bonchev–Trinajstić information content (AvgIpc) is 2.51. The van der Waals surface area contributed by atoms with Crippen molar-refractivity contribution in [2.45, 2.75) is 70.0 Å². The summed E-state index contributed by atoms with van der Waals surface area (Å²) in [7, 11) is -4.45. The molecule has 0 amide bonds. The van der Waals surface area contributed by atoms with Gasteiger partial charge >= 0.3 is 5.97 Å². The minimum absolute atomic E-state index is 0.0533. The molecule has 0 aromatic heterocycles. The van der Waals surface area contributed by atoms with E-state index in [4.69, 9.17) is 15.2 Å². The molecule has 0 saturated carbocycles. The van der Waals surface area contributed by atoms with E-state index in [2.05, 4.69) is 6.92 Å². The van der Waals surface area contributed by atoms with Crippen LogP contribution in [0.4, 0.5) is 0 Å². The number of ether oxygens (including phenoxy) is 2. The van der Waals surface area contributed by atoms with E-state index in [1.807, 2.05) is 0 Å². The van der Waals surface area contributed by atoms with Crippen molar-refractivity contribution < 1.29 is 27.2 Å². The van der Waals surface area contributed by atoms with Crippen LogP contribution in [0.25, 0.3) is 0 Å². The molecular formula is C16H33NO6S. The first-order valence-electron chi connectivity index (χ1n) is 8.84. The highest BCUT2D eigenvalue weighted by atomic mass is 32.2. The molecule has 0 aromatic rings. The lowest BCUT2D eigenvalue weighted by molar-refractivity contribution is -0.144. The van der Waals surface area contributed by atoms with Gasteiger partial charge in [0.25, 0.3) is 10.1 Å². The van der Waals surface area contributed by atoms with Crippen LogP contribution in [-0.2, 0) is 24.4 Å². The highest BCUT2D eigenvalue weighted by Gasteiger charge is 2.31. The van der Waals surface area contributed by atoms with Crippen LogP contribution in [0.1, 0.15) is 64.7 Å². The van der Waals surface area contributed by atoms with Gasteiger partial charge in [-0.15, -0.1) is 0 Å². The van der Waals surface area contributed by atoms with Crippen LogP contribution < -0.4 is 5.73 Å². The molecule has 0 fully saturated rings. The van der Waals surface area contributed by atoms with E-state index in [0.29, 0.717) is 19.6 Å². The van der Waals surface area contributed by atoms with Crippen LogP contribution in [0.3, 0.4) is 0 Å². The molecule has 0 spiro atoms. The molecule has 0 aliphatic carbocycles. The Morgan fingerprint density at radius 1 is 1.00 bits per heavy atom. The van der Waals surface area contributed by atoms with E-state index >= 15 is 0 Å². The molecule has 0 radical (unpaired) electrons. The summed E-state index contributed by atoms with van der Waals surface area (Å²) in [6.45, 7) is 2.97. The molecule has 0 aliphatic heterocycles. The smallest absolute Gasteiger partial charge is 0.326 e. The molecule has 0 aromatic carbocycles. The lowest BCUT2D eigenvalue weighted by Crippen LogP contribution is -2.32. The van der Waals surface area contributed by atoms with E-state index in [0.717, 1.165) is 19.3 Å². The number of carbonyl (C=O) groups is 1. The van der Waals surface area contributed by atoms with Gasteiger partial charge in [-0.1, -0.05) is 58.3 Å². The summed E-state index contributed by atoms with van der Waals surface area (Å²) in [5, 5.41) is -1.51. The molecular weight excluding hydrogens is 334 g/mol. The topological polar surface area (TPSA) is 116 Å². The second-order valence-electron chi connectivity index (χ2n) is 5.84. The van der Waals surface area contributed by atoms with Crippen LogP contribution in [-0.4, -0.2) is 50.6 Å². The fraction of sp³-hybridized carbons (Fsp3) is 0.938. The SMILES string of the molecule is CCCCCCCCCCC(C(=O)OCCOCCN)S(=O)(=O)O. The highest BCUT2D eigenvalue weighted by molar-refractivity contribution is 7.87. The summed E-state index contributed by atoms with van der Waals surface area (Å²) in [6, 6.07) is 0. The predicted octanol–water partition coefficient (Wildman–Crippen LogP) is 2.29. The van der Waals surface area contributed by atoms with Crippen LogP contribution >= 0.6 is 0 Å². The Bertz CT molecular complexity index is 413. The molecule has 0 bridgehead atoms. The zero-order chi connectivity index (χ0) is 18.3. The third-order valence-electron chi connectivity index (χ3n) is 3.68. The Morgan fingerprint density at radius 2 is 1.58 bits per heavy atom. The van der Waals surface area contributed by atoms with E-state index in [1.54, 1.807) is 0 Å². The number of unbranched alkanes of at least 4 members (excludes halogenated alkanes) is 7. The highest BCUT2D eigenvalue weighted by Crippen LogP contribution is 2.15. The third-order valence-corrected chi connectivity index (χ3v) is 4.82. The summed E-state index contributed by atoms with van der Waals surface area (Å²) in [6.07, 6.45) is 8.45. The molecule has 3 N–H and O–H groups in total. The Morgan fingerprint density at radius 3 is 2.12 bits per heavy atom. The number of hydrogen-bond acceptors (Lipinski definition) is 6.